The van der Waals surface area contributed by atoms with Crippen LogP contribution in [-0.2, 0) is 13.1 Å². The van der Waals surface area contributed by atoms with Gasteiger partial charge in [-0.2, -0.15) is 0 Å². The van der Waals surface area contributed by atoms with Gasteiger partial charge < -0.3 is 5.32 Å². The van der Waals surface area contributed by atoms with Crippen LogP contribution in [0.4, 0.5) is 0 Å². The van der Waals surface area contributed by atoms with Crippen LogP contribution < -0.4 is 5.32 Å². The van der Waals surface area contributed by atoms with Crippen molar-refractivity contribution in [3.05, 3.63) is 56.2 Å². The second-order valence-electron chi connectivity index (χ2n) is 5.77. The monoisotopic (exact) mass is 394 g/mol. The van der Waals surface area contributed by atoms with E-state index in [2.05, 4.69) is 46.9 Å². The van der Waals surface area contributed by atoms with Crippen LogP contribution in [0.2, 0.25) is 0 Å². The maximum Gasteiger partial charge on any atom is 0.251 e. The number of nitrogens with zero attached hydrogens (tertiary/aromatic N) is 1. The number of benzene rings is 1. The SMILES string of the molecule is CCN(Cc1ccc(C(=O)NCc2cc(Br)cs2)cc1)C(C)C. The van der Waals surface area contributed by atoms with E-state index in [1.165, 1.54) is 5.56 Å². The van der Waals surface area contributed by atoms with Gasteiger partial charge in [0.25, 0.3) is 5.91 Å². The predicted octanol–water partition coefficient (Wildman–Crippen LogP) is 4.67. The molecule has 3 nitrogen and oxygen atoms in total. The second-order valence-corrected chi connectivity index (χ2v) is 7.68. The van der Waals surface area contributed by atoms with Crippen molar-refractivity contribution in [1.82, 2.24) is 10.2 Å². The first-order chi connectivity index (χ1) is 11.0. The zero-order valence-corrected chi connectivity index (χ0v) is 16.2. The molecule has 0 aliphatic rings. The maximum absolute atomic E-state index is 12.2. The van der Waals surface area contributed by atoms with Crippen molar-refractivity contribution in [2.24, 2.45) is 0 Å². The van der Waals surface area contributed by atoms with Crippen LogP contribution in [0.3, 0.4) is 0 Å². The van der Waals surface area contributed by atoms with Gasteiger partial charge in [0.05, 0.1) is 6.54 Å². The summed E-state index contributed by atoms with van der Waals surface area (Å²) < 4.78 is 1.06. The Morgan fingerprint density at radius 3 is 2.52 bits per heavy atom. The molecular weight excluding hydrogens is 372 g/mol. The first-order valence-electron chi connectivity index (χ1n) is 7.83. The van der Waals surface area contributed by atoms with E-state index < -0.39 is 0 Å². The van der Waals surface area contributed by atoms with E-state index in [0.29, 0.717) is 18.2 Å². The fraction of sp³-hybridized carbons (Fsp3) is 0.389. The van der Waals surface area contributed by atoms with Gasteiger partial charge in [0.15, 0.2) is 0 Å². The lowest BCUT2D eigenvalue weighted by Crippen LogP contribution is -2.30. The number of carbonyl (C=O) groups excluding carboxylic acids is 1. The van der Waals surface area contributed by atoms with Crippen LogP contribution in [0.1, 0.15) is 41.6 Å². The largest absolute Gasteiger partial charge is 0.347 e. The molecule has 1 amide bonds. The lowest BCUT2D eigenvalue weighted by molar-refractivity contribution is 0.0951. The Labute approximate surface area is 150 Å². The smallest absolute Gasteiger partial charge is 0.251 e. The second kappa shape index (κ2) is 8.62. The zero-order chi connectivity index (χ0) is 16.8. The summed E-state index contributed by atoms with van der Waals surface area (Å²) in [5.74, 6) is -0.0303. The Morgan fingerprint density at radius 2 is 2.00 bits per heavy atom. The lowest BCUT2D eigenvalue weighted by Gasteiger charge is -2.24. The highest BCUT2D eigenvalue weighted by molar-refractivity contribution is 9.10. The Bertz CT molecular complexity index is 637. The standard InChI is InChI=1S/C18H23BrN2OS/c1-4-21(13(2)3)11-14-5-7-15(8-6-14)18(22)20-10-17-9-16(19)12-23-17/h5-9,12-13H,4,10-11H2,1-3H3,(H,20,22). The minimum absolute atomic E-state index is 0.0303. The number of rotatable bonds is 7. The van der Waals surface area contributed by atoms with Gasteiger partial charge in [0, 0.05) is 32.9 Å². The molecule has 0 atom stereocenters. The first-order valence-corrected chi connectivity index (χ1v) is 9.51. The van der Waals surface area contributed by atoms with E-state index in [9.17, 15) is 4.79 Å². The summed E-state index contributed by atoms with van der Waals surface area (Å²) >= 11 is 5.06. The fourth-order valence-corrected chi connectivity index (χ4v) is 3.76. The first kappa shape index (κ1) is 18.2. The normalized spacial score (nSPS) is 11.2. The Kier molecular flexibility index (Phi) is 6.81. The molecule has 2 aromatic rings. The number of hydrogen-bond donors (Lipinski definition) is 1. The molecule has 1 N–H and O–H groups in total. The van der Waals surface area contributed by atoms with E-state index in [4.69, 9.17) is 0 Å². The van der Waals surface area contributed by atoms with Crippen molar-refractivity contribution in [1.29, 1.82) is 0 Å². The summed E-state index contributed by atoms with van der Waals surface area (Å²) in [6.45, 7) is 9.08. The molecule has 0 aliphatic heterocycles. The third-order valence-electron chi connectivity index (χ3n) is 3.78. The van der Waals surface area contributed by atoms with Gasteiger partial charge in [-0.1, -0.05) is 19.1 Å². The topological polar surface area (TPSA) is 32.3 Å². The van der Waals surface area contributed by atoms with Gasteiger partial charge in [-0.15, -0.1) is 11.3 Å². The summed E-state index contributed by atoms with van der Waals surface area (Å²) in [6.07, 6.45) is 0. The molecule has 5 heteroatoms. The molecule has 0 saturated heterocycles. The molecule has 23 heavy (non-hydrogen) atoms. The minimum Gasteiger partial charge on any atom is -0.347 e. The molecule has 0 bridgehead atoms. The number of thiophene rings is 1. The predicted molar refractivity (Wildman–Crippen MR) is 101 cm³/mol. The van der Waals surface area contributed by atoms with Gasteiger partial charge in [-0.25, -0.2) is 0 Å². The van der Waals surface area contributed by atoms with Gasteiger partial charge in [0.1, 0.15) is 0 Å². The summed E-state index contributed by atoms with van der Waals surface area (Å²) in [6, 6.07) is 10.4. The van der Waals surface area contributed by atoms with Crippen molar-refractivity contribution < 1.29 is 4.79 Å². The van der Waals surface area contributed by atoms with Gasteiger partial charge in [-0.05, 0) is 60.1 Å². The van der Waals surface area contributed by atoms with Crippen molar-refractivity contribution in [3.63, 3.8) is 0 Å². The molecule has 0 radical (unpaired) electrons. The van der Waals surface area contributed by atoms with Crippen LogP contribution in [0.15, 0.2) is 40.2 Å². The molecule has 124 valence electrons. The van der Waals surface area contributed by atoms with Crippen molar-refractivity contribution in [3.8, 4) is 0 Å². The number of amides is 1. The highest BCUT2D eigenvalue weighted by Crippen LogP contribution is 2.19. The third kappa shape index (κ3) is 5.44. The summed E-state index contributed by atoms with van der Waals surface area (Å²) in [4.78, 5) is 15.7. The van der Waals surface area contributed by atoms with E-state index in [1.807, 2.05) is 35.7 Å². The molecule has 0 aliphatic carbocycles. The van der Waals surface area contributed by atoms with Crippen molar-refractivity contribution in [2.45, 2.75) is 39.9 Å². The van der Waals surface area contributed by atoms with E-state index in [1.54, 1.807) is 11.3 Å². The summed E-state index contributed by atoms with van der Waals surface area (Å²) in [5.41, 5.74) is 1.94. The molecular formula is C18H23BrN2OS. The Hall–Kier alpha value is -1.17. The summed E-state index contributed by atoms with van der Waals surface area (Å²) in [7, 11) is 0. The van der Waals surface area contributed by atoms with E-state index in [-0.39, 0.29) is 5.91 Å². The van der Waals surface area contributed by atoms with Gasteiger partial charge in [0.2, 0.25) is 0 Å². The highest BCUT2D eigenvalue weighted by Gasteiger charge is 2.09. The molecule has 0 spiro atoms. The number of carbonyl (C=O) groups is 1. The quantitative estimate of drug-likeness (QED) is 0.739. The van der Waals surface area contributed by atoms with Crippen LogP contribution in [0.5, 0.6) is 0 Å². The number of halogens is 1. The maximum atomic E-state index is 12.2. The van der Waals surface area contributed by atoms with Gasteiger partial charge >= 0.3 is 0 Å². The average Bonchev–Trinajstić information content (AvgIpc) is 2.96. The molecule has 1 aromatic carbocycles. The Morgan fingerprint density at radius 1 is 1.30 bits per heavy atom. The van der Waals surface area contributed by atoms with Crippen molar-refractivity contribution in [2.75, 3.05) is 6.54 Å². The van der Waals surface area contributed by atoms with Crippen LogP contribution in [0, 0.1) is 0 Å². The average molecular weight is 395 g/mol. The van der Waals surface area contributed by atoms with Crippen LogP contribution >= 0.6 is 27.3 Å². The van der Waals surface area contributed by atoms with E-state index >= 15 is 0 Å². The Balaban J connectivity index is 1.91. The minimum atomic E-state index is -0.0303. The zero-order valence-electron chi connectivity index (χ0n) is 13.8. The summed E-state index contributed by atoms with van der Waals surface area (Å²) in [5, 5.41) is 4.98. The number of hydrogen-bond acceptors (Lipinski definition) is 3. The fourth-order valence-electron chi connectivity index (χ4n) is 2.37. The van der Waals surface area contributed by atoms with Gasteiger partial charge in [-0.3, -0.25) is 9.69 Å². The van der Waals surface area contributed by atoms with Crippen LogP contribution in [-0.4, -0.2) is 23.4 Å². The molecule has 2 rings (SSSR count). The molecule has 1 heterocycles. The molecule has 0 unspecified atom stereocenters. The van der Waals surface area contributed by atoms with Crippen LogP contribution in [0.25, 0.3) is 0 Å². The van der Waals surface area contributed by atoms with Crippen molar-refractivity contribution >= 4 is 33.2 Å². The van der Waals surface area contributed by atoms with E-state index in [0.717, 1.165) is 22.4 Å². The third-order valence-corrected chi connectivity index (χ3v) is 5.48. The highest BCUT2D eigenvalue weighted by atomic mass is 79.9. The lowest BCUT2D eigenvalue weighted by atomic mass is 10.1. The molecule has 0 saturated carbocycles. The molecule has 0 fully saturated rings. The number of nitrogens with one attached hydrogen (secondary N) is 1. The molecule has 1 aromatic heterocycles.